The molecule has 0 radical (unpaired) electrons. The molecule has 0 aliphatic rings. The van der Waals surface area contributed by atoms with Crippen molar-refractivity contribution in [3.05, 3.63) is 42.2 Å². The van der Waals surface area contributed by atoms with Gasteiger partial charge in [0.05, 0.1) is 35.1 Å². The van der Waals surface area contributed by atoms with Gasteiger partial charge in [-0.05, 0) is 45.0 Å². The second-order valence-corrected chi connectivity index (χ2v) is 5.89. The number of hydrogen-bond donors (Lipinski definition) is 0. The molecule has 0 unspecified atom stereocenters. The highest BCUT2D eigenvalue weighted by Crippen LogP contribution is 2.31. The lowest BCUT2D eigenvalue weighted by atomic mass is 10.1. The summed E-state index contributed by atoms with van der Waals surface area (Å²) in [5.41, 5.74) is 3.21. The highest BCUT2D eigenvalue weighted by Gasteiger charge is 2.22. The van der Waals surface area contributed by atoms with E-state index in [9.17, 15) is 0 Å². The number of benzene rings is 1. The van der Waals surface area contributed by atoms with Crippen molar-refractivity contribution < 1.29 is 0 Å². The maximum atomic E-state index is 9.05. The minimum Gasteiger partial charge on any atom is -0.319 e. The second kappa shape index (κ2) is 4.67. The first-order valence-electron chi connectivity index (χ1n) is 6.71. The van der Waals surface area contributed by atoms with Gasteiger partial charge in [-0.1, -0.05) is 0 Å². The van der Waals surface area contributed by atoms with Crippen molar-refractivity contribution in [2.45, 2.75) is 26.3 Å². The van der Waals surface area contributed by atoms with Crippen LogP contribution in [0.15, 0.2) is 36.7 Å². The Balaban J connectivity index is 2.36. The van der Waals surface area contributed by atoms with Crippen LogP contribution in [0.25, 0.3) is 22.4 Å². The fourth-order valence-electron chi connectivity index (χ4n) is 2.45. The molecule has 21 heavy (non-hydrogen) atoms. The predicted octanol–water partition coefficient (Wildman–Crippen LogP) is 3.12. The molecule has 3 aromatic rings. The van der Waals surface area contributed by atoms with Crippen LogP contribution in [0.4, 0.5) is 0 Å². The number of imidazole rings is 1. The van der Waals surface area contributed by atoms with Crippen LogP contribution in [0.1, 0.15) is 26.3 Å². The van der Waals surface area contributed by atoms with E-state index in [2.05, 4.69) is 41.6 Å². The van der Waals surface area contributed by atoms with Gasteiger partial charge in [0.1, 0.15) is 5.82 Å². The molecule has 0 saturated carbocycles. The molecule has 5 nitrogen and oxygen atoms in total. The molecule has 0 bridgehead atoms. The largest absolute Gasteiger partial charge is 0.319 e. The zero-order valence-corrected chi connectivity index (χ0v) is 12.2. The average Bonchev–Trinajstić information content (AvgIpc) is 2.86. The van der Waals surface area contributed by atoms with Crippen LogP contribution in [0.5, 0.6) is 0 Å². The summed E-state index contributed by atoms with van der Waals surface area (Å²) in [7, 11) is 0. The van der Waals surface area contributed by atoms with Crippen molar-refractivity contribution in [1.82, 2.24) is 19.7 Å². The van der Waals surface area contributed by atoms with Crippen LogP contribution in [0, 0.1) is 11.3 Å². The van der Waals surface area contributed by atoms with Gasteiger partial charge in [0.2, 0.25) is 0 Å². The van der Waals surface area contributed by atoms with E-state index in [1.165, 1.54) is 0 Å². The Morgan fingerprint density at radius 2 is 1.95 bits per heavy atom. The Labute approximate surface area is 122 Å². The van der Waals surface area contributed by atoms with E-state index in [1.54, 1.807) is 12.4 Å². The highest BCUT2D eigenvalue weighted by molar-refractivity contribution is 5.82. The van der Waals surface area contributed by atoms with E-state index in [0.29, 0.717) is 5.56 Å². The standard InChI is InChI=1S/C16H15N5/c1-16(2,3)21-14-5-4-11(9-17)8-13(14)20-15(21)12-6-7-18-19-10-12/h4-8,10H,1-3H3. The summed E-state index contributed by atoms with van der Waals surface area (Å²) < 4.78 is 2.17. The molecule has 0 amide bonds. The summed E-state index contributed by atoms with van der Waals surface area (Å²) in [5.74, 6) is 0.836. The van der Waals surface area contributed by atoms with Crippen LogP contribution in [-0.2, 0) is 5.54 Å². The Morgan fingerprint density at radius 1 is 1.14 bits per heavy atom. The number of rotatable bonds is 1. The second-order valence-electron chi connectivity index (χ2n) is 5.89. The number of fused-ring (bicyclic) bond motifs is 1. The summed E-state index contributed by atoms with van der Waals surface area (Å²) in [6, 6.07) is 9.63. The van der Waals surface area contributed by atoms with Crippen LogP contribution < -0.4 is 0 Å². The smallest absolute Gasteiger partial charge is 0.143 e. The molecule has 2 aromatic heterocycles. The first kappa shape index (κ1) is 13.3. The number of aromatic nitrogens is 4. The molecule has 3 rings (SSSR count). The quantitative estimate of drug-likeness (QED) is 0.685. The van der Waals surface area contributed by atoms with Gasteiger partial charge >= 0.3 is 0 Å². The third-order valence-corrected chi connectivity index (χ3v) is 3.30. The molecule has 0 fully saturated rings. The van der Waals surface area contributed by atoms with Gasteiger partial charge in [-0.25, -0.2) is 4.98 Å². The molecule has 0 saturated heterocycles. The summed E-state index contributed by atoms with van der Waals surface area (Å²) in [6.07, 6.45) is 3.36. The summed E-state index contributed by atoms with van der Waals surface area (Å²) in [5, 5.41) is 16.8. The van der Waals surface area contributed by atoms with Crippen LogP contribution in [0.2, 0.25) is 0 Å². The molecule has 0 aliphatic carbocycles. The summed E-state index contributed by atoms with van der Waals surface area (Å²) in [6.45, 7) is 6.39. The molecule has 0 atom stereocenters. The van der Waals surface area contributed by atoms with E-state index >= 15 is 0 Å². The lowest BCUT2D eigenvalue weighted by Gasteiger charge is -2.24. The summed E-state index contributed by atoms with van der Waals surface area (Å²) in [4.78, 5) is 4.70. The molecule has 5 heteroatoms. The van der Waals surface area contributed by atoms with Gasteiger partial charge in [-0.2, -0.15) is 15.5 Å². The van der Waals surface area contributed by atoms with Gasteiger partial charge in [0.15, 0.2) is 0 Å². The Bertz CT molecular complexity index is 835. The topological polar surface area (TPSA) is 67.4 Å². The number of nitriles is 1. The van der Waals surface area contributed by atoms with Crippen molar-refractivity contribution in [2.24, 2.45) is 0 Å². The van der Waals surface area contributed by atoms with Gasteiger partial charge in [0.25, 0.3) is 0 Å². The fourth-order valence-corrected chi connectivity index (χ4v) is 2.45. The zero-order valence-electron chi connectivity index (χ0n) is 12.2. The lowest BCUT2D eigenvalue weighted by Crippen LogP contribution is -2.22. The van der Waals surface area contributed by atoms with Gasteiger partial charge in [0, 0.05) is 11.1 Å². The normalized spacial score (nSPS) is 11.5. The van der Waals surface area contributed by atoms with Gasteiger partial charge < -0.3 is 4.57 Å². The Hall–Kier alpha value is -2.74. The molecule has 1 aromatic carbocycles. The van der Waals surface area contributed by atoms with Crippen molar-refractivity contribution in [1.29, 1.82) is 5.26 Å². The van der Waals surface area contributed by atoms with E-state index in [-0.39, 0.29) is 5.54 Å². The first-order chi connectivity index (χ1) is 10.0. The van der Waals surface area contributed by atoms with Crippen molar-refractivity contribution in [2.75, 3.05) is 0 Å². The number of nitrogens with zero attached hydrogens (tertiary/aromatic N) is 5. The van der Waals surface area contributed by atoms with Crippen LogP contribution in [-0.4, -0.2) is 19.7 Å². The molecule has 0 spiro atoms. The van der Waals surface area contributed by atoms with E-state index in [4.69, 9.17) is 10.2 Å². The fraction of sp³-hybridized carbons (Fsp3) is 0.250. The molecular weight excluding hydrogens is 262 g/mol. The van der Waals surface area contributed by atoms with Gasteiger partial charge in [-0.15, -0.1) is 0 Å². The molecule has 0 N–H and O–H groups in total. The minimum absolute atomic E-state index is 0.137. The van der Waals surface area contributed by atoms with Crippen molar-refractivity contribution in [3.8, 4) is 17.5 Å². The zero-order chi connectivity index (χ0) is 15.0. The van der Waals surface area contributed by atoms with E-state index in [0.717, 1.165) is 22.4 Å². The monoisotopic (exact) mass is 277 g/mol. The maximum absolute atomic E-state index is 9.05. The average molecular weight is 277 g/mol. The Kier molecular flexibility index (Phi) is 2.95. The maximum Gasteiger partial charge on any atom is 0.143 e. The lowest BCUT2D eigenvalue weighted by molar-refractivity contribution is 0.413. The first-order valence-corrected chi connectivity index (χ1v) is 6.71. The van der Waals surface area contributed by atoms with Crippen molar-refractivity contribution in [3.63, 3.8) is 0 Å². The van der Waals surface area contributed by atoms with Crippen LogP contribution in [0.3, 0.4) is 0 Å². The Morgan fingerprint density at radius 3 is 2.57 bits per heavy atom. The number of hydrogen-bond acceptors (Lipinski definition) is 4. The van der Waals surface area contributed by atoms with E-state index < -0.39 is 0 Å². The predicted molar refractivity (Wildman–Crippen MR) is 80.5 cm³/mol. The third kappa shape index (κ3) is 2.25. The summed E-state index contributed by atoms with van der Waals surface area (Å²) >= 11 is 0. The molecule has 104 valence electrons. The van der Waals surface area contributed by atoms with Gasteiger partial charge in [-0.3, -0.25) is 0 Å². The van der Waals surface area contributed by atoms with Crippen LogP contribution >= 0.6 is 0 Å². The SMILES string of the molecule is CC(C)(C)n1c(-c2ccnnc2)nc2cc(C#N)ccc21. The molecular formula is C16H15N5. The highest BCUT2D eigenvalue weighted by atomic mass is 15.1. The molecule has 2 heterocycles. The molecule has 0 aliphatic heterocycles. The third-order valence-electron chi connectivity index (χ3n) is 3.30. The van der Waals surface area contributed by atoms with Crippen molar-refractivity contribution >= 4 is 11.0 Å². The minimum atomic E-state index is -0.137. The van der Waals surface area contributed by atoms with E-state index in [1.807, 2.05) is 24.3 Å².